The highest BCUT2D eigenvalue weighted by Gasteiger charge is 2.42. The first-order valence-corrected chi connectivity index (χ1v) is 5.59. The molecule has 1 saturated carbocycles. The molecule has 2 fully saturated rings. The van der Waals surface area contributed by atoms with Crippen LogP contribution in [0.2, 0.25) is 0 Å². The number of terminal acetylenes is 1. The van der Waals surface area contributed by atoms with E-state index < -0.39 is 5.97 Å². The monoisotopic (exact) mass is 221 g/mol. The number of carboxylic acids is 1. The van der Waals surface area contributed by atoms with Crippen molar-refractivity contribution in [1.82, 2.24) is 4.90 Å². The van der Waals surface area contributed by atoms with Gasteiger partial charge in [0.15, 0.2) is 0 Å². The van der Waals surface area contributed by atoms with E-state index in [1.807, 2.05) is 0 Å². The summed E-state index contributed by atoms with van der Waals surface area (Å²) in [5.41, 5.74) is 0. The molecule has 86 valence electrons. The molecule has 0 bridgehead atoms. The lowest BCUT2D eigenvalue weighted by Crippen LogP contribution is -2.39. The van der Waals surface area contributed by atoms with Gasteiger partial charge in [0.2, 0.25) is 5.91 Å². The number of carboxylic acid groups (broad SMARTS) is 1. The van der Waals surface area contributed by atoms with Gasteiger partial charge in [-0.1, -0.05) is 0 Å². The number of likely N-dealkylation sites (tertiary alicyclic amines) is 1. The lowest BCUT2D eigenvalue weighted by molar-refractivity contribution is -0.140. The molecular weight excluding hydrogens is 206 g/mol. The number of aliphatic carboxylic acids is 1. The topological polar surface area (TPSA) is 57.6 Å². The van der Waals surface area contributed by atoms with Crippen LogP contribution in [-0.2, 0) is 9.59 Å². The van der Waals surface area contributed by atoms with Gasteiger partial charge >= 0.3 is 5.97 Å². The minimum atomic E-state index is -0.839. The Morgan fingerprint density at radius 3 is 2.75 bits per heavy atom. The van der Waals surface area contributed by atoms with Gasteiger partial charge in [-0.05, 0) is 18.8 Å². The first-order valence-electron chi connectivity index (χ1n) is 5.59. The van der Waals surface area contributed by atoms with Crippen LogP contribution in [0.1, 0.15) is 25.7 Å². The first-order chi connectivity index (χ1) is 7.61. The summed E-state index contributed by atoms with van der Waals surface area (Å²) in [5, 5.41) is 8.85. The number of carbonyl (C=O) groups excluding carboxylic acids is 1. The van der Waals surface area contributed by atoms with Crippen molar-refractivity contribution in [3.63, 3.8) is 0 Å². The maximum atomic E-state index is 11.7. The molecule has 1 N–H and O–H groups in total. The van der Waals surface area contributed by atoms with Crippen molar-refractivity contribution in [1.29, 1.82) is 0 Å². The molecule has 0 aromatic heterocycles. The average Bonchev–Trinajstić information content (AvgIpc) is 2.99. The summed E-state index contributed by atoms with van der Waals surface area (Å²) in [6.07, 6.45) is 7.79. The molecule has 0 radical (unpaired) electrons. The van der Waals surface area contributed by atoms with E-state index in [0.29, 0.717) is 18.9 Å². The van der Waals surface area contributed by atoms with Crippen LogP contribution in [0, 0.1) is 24.2 Å². The predicted octanol–water partition coefficient (Wildman–Crippen LogP) is 0.721. The summed E-state index contributed by atoms with van der Waals surface area (Å²) in [6, 6.07) is -0.136. The van der Waals surface area contributed by atoms with Crippen molar-refractivity contribution in [2.75, 3.05) is 6.54 Å². The van der Waals surface area contributed by atoms with Crippen LogP contribution in [0.4, 0.5) is 0 Å². The highest BCUT2D eigenvalue weighted by Crippen LogP contribution is 2.39. The van der Waals surface area contributed by atoms with Crippen molar-refractivity contribution >= 4 is 11.9 Å². The number of nitrogens with zero attached hydrogens (tertiary/aromatic N) is 1. The maximum Gasteiger partial charge on any atom is 0.305 e. The van der Waals surface area contributed by atoms with E-state index in [1.165, 1.54) is 0 Å². The molecule has 2 unspecified atom stereocenters. The van der Waals surface area contributed by atoms with Gasteiger partial charge < -0.3 is 10.0 Å². The molecule has 1 saturated heterocycles. The second-order valence-electron chi connectivity index (χ2n) is 4.62. The minimum absolute atomic E-state index is 0.0149. The van der Waals surface area contributed by atoms with E-state index in [2.05, 4.69) is 5.92 Å². The fourth-order valence-corrected chi connectivity index (χ4v) is 2.36. The van der Waals surface area contributed by atoms with Crippen LogP contribution in [0.15, 0.2) is 0 Å². The van der Waals surface area contributed by atoms with E-state index in [9.17, 15) is 9.59 Å². The van der Waals surface area contributed by atoms with E-state index in [-0.39, 0.29) is 24.3 Å². The normalized spacial score (nSPS) is 26.6. The molecule has 1 heterocycles. The Morgan fingerprint density at radius 1 is 1.62 bits per heavy atom. The zero-order valence-corrected chi connectivity index (χ0v) is 9.06. The second kappa shape index (κ2) is 4.17. The lowest BCUT2D eigenvalue weighted by Gasteiger charge is -2.26. The first kappa shape index (κ1) is 11.0. The van der Waals surface area contributed by atoms with Gasteiger partial charge in [0.05, 0.1) is 6.42 Å². The Kier molecular flexibility index (Phi) is 2.86. The molecule has 0 aromatic carbocycles. The van der Waals surface area contributed by atoms with Crippen molar-refractivity contribution in [3.8, 4) is 12.3 Å². The third-order valence-electron chi connectivity index (χ3n) is 3.34. The zero-order valence-electron chi connectivity index (χ0n) is 9.06. The Morgan fingerprint density at radius 2 is 2.31 bits per heavy atom. The van der Waals surface area contributed by atoms with Crippen molar-refractivity contribution in [2.45, 2.75) is 31.7 Å². The molecule has 2 atom stereocenters. The molecule has 1 aliphatic heterocycles. The van der Waals surface area contributed by atoms with E-state index >= 15 is 0 Å². The molecular formula is C12H15NO3. The van der Waals surface area contributed by atoms with Gasteiger partial charge in [-0.15, -0.1) is 12.3 Å². The smallest absolute Gasteiger partial charge is 0.305 e. The summed E-state index contributed by atoms with van der Waals surface area (Å²) >= 11 is 0. The molecule has 2 rings (SSSR count). The Hall–Kier alpha value is -1.50. The van der Waals surface area contributed by atoms with Crippen LogP contribution in [0.25, 0.3) is 0 Å². The van der Waals surface area contributed by atoms with Gasteiger partial charge in [-0.3, -0.25) is 9.59 Å². The van der Waals surface area contributed by atoms with E-state index in [1.54, 1.807) is 4.90 Å². The minimum Gasteiger partial charge on any atom is -0.481 e. The maximum absolute atomic E-state index is 11.7. The standard InChI is InChI=1S/C12H15NO3/c1-2-8-5-11(14)13(7-8)10(6-12(15)16)9-3-4-9/h1,8-10H,3-7H2,(H,15,16). The molecule has 16 heavy (non-hydrogen) atoms. The average molecular weight is 221 g/mol. The number of amides is 1. The number of hydrogen-bond acceptors (Lipinski definition) is 2. The summed E-state index contributed by atoms with van der Waals surface area (Å²) < 4.78 is 0. The number of carbonyl (C=O) groups is 2. The lowest BCUT2D eigenvalue weighted by atomic mass is 10.1. The van der Waals surface area contributed by atoms with Crippen LogP contribution in [-0.4, -0.2) is 34.5 Å². The Labute approximate surface area is 94.6 Å². The molecule has 0 spiro atoms. The summed E-state index contributed by atoms with van der Waals surface area (Å²) in [4.78, 5) is 24.2. The number of hydrogen-bond donors (Lipinski definition) is 1. The van der Waals surface area contributed by atoms with Crippen LogP contribution < -0.4 is 0 Å². The van der Waals surface area contributed by atoms with Gasteiger partial charge in [-0.2, -0.15) is 0 Å². The van der Waals surface area contributed by atoms with Gasteiger partial charge in [0.1, 0.15) is 0 Å². The predicted molar refractivity (Wildman–Crippen MR) is 57.4 cm³/mol. The summed E-state index contributed by atoms with van der Waals surface area (Å²) in [7, 11) is 0. The zero-order chi connectivity index (χ0) is 11.7. The molecule has 0 aromatic rings. The van der Waals surface area contributed by atoms with Crippen LogP contribution in [0.3, 0.4) is 0 Å². The van der Waals surface area contributed by atoms with Crippen LogP contribution >= 0.6 is 0 Å². The second-order valence-corrected chi connectivity index (χ2v) is 4.62. The number of rotatable bonds is 4. The third kappa shape index (κ3) is 2.19. The SMILES string of the molecule is C#CC1CC(=O)N(C(CC(=O)O)C2CC2)C1. The summed E-state index contributed by atoms with van der Waals surface area (Å²) in [5.74, 6) is 2.09. The molecule has 4 heteroatoms. The molecule has 4 nitrogen and oxygen atoms in total. The fourth-order valence-electron chi connectivity index (χ4n) is 2.36. The quantitative estimate of drug-likeness (QED) is 0.712. The van der Waals surface area contributed by atoms with E-state index in [0.717, 1.165) is 12.8 Å². The highest BCUT2D eigenvalue weighted by molar-refractivity contribution is 5.80. The summed E-state index contributed by atoms with van der Waals surface area (Å²) in [6.45, 7) is 0.532. The largest absolute Gasteiger partial charge is 0.481 e. The Bertz CT molecular complexity index is 354. The molecule has 1 amide bonds. The molecule has 2 aliphatic rings. The fraction of sp³-hybridized carbons (Fsp3) is 0.667. The van der Waals surface area contributed by atoms with Gasteiger partial charge in [0.25, 0.3) is 0 Å². The van der Waals surface area contributed by atoms with E-state index in [4.69, 9.17) is 11.5 Å². The van der Waals surface area contributed by atoms with Gasteiger partial charge in [0, 0.05) is 24.9 Å². The van der Waals surface area contributed by atoms with Crippen LogP contribution in [0.5, 0.6) is 0 Å². The molecule has 1 aliphatic carbocycles. The highest BCUT2D eigenvalue weighted by atomic mass is 16.4. The van der Waals surface area contributed by atoms with Crippen molar-refractivity contribution in [2.24, 2.45) is 11.8 Å². The van der Waals surface area contributed by atoms with Crippen molar-refractivity contribution < 1.29 is 14.7 Å². The third-order valence-corrected chi connectivity index (χ3v) is 3.34. The van der Waals surface area contributed by atoms with Gasteiger partial charge in [-0.25, -0.2) is 0 Å². The van der Waals surface area contributed by atoms with Crippen molar-refractivity contribution in [3.05, 3.63) is 0 Å². The Balaban J connectivity index is 2.05.